The molecule has 0 spiro atoms. The van der Waals surface area contributed by atoms with E-state index in [4.69, 9.17) is 5.73 Å². The van der Waals surface area contributed by atoms with Crippen LogP contribution in [0, 0.1) is 0 Å². The summed E-state index contributed by atoms with van der Waals surface area (Å²) in [5, 5.41) is 0. The lowest BCUT2D eigenvalue weighted by Crippen LogP contribution is -2.50. The highest BCUT2D eigenvalue weighted by atomic mass is 15.3. The van der Waals surface area contributed by atoms with Crippen molar-refractivity contribution in [1.82, 2.24) is 0 Å². The lowest BCUT2D eigenvalue weighted by molar-refractivity contribution is -0.929. The maximum absolute atomic E-state index is 5.59. The van der Waals surface area contributed by atoms with Gasteiger partial charge in [0.2, 0.25) is 0 Å². The number of rotatable bonds is 15. The van der Waals surface area contributed by atoms with Crippen molar-refractivity contribution in [3.8, 4) is 0 Å². The Labute approximate surface area is 128 Å². The van der Waals surface area contributed by atoms with Crippen LogP contribution < -0.4 is 5.73 Å². The first-order valence-corrected chi connectivity index (χ1v) is 9.29. The van der Waals surface area contributed by atoms with Crippen LogP contribution in [-0.4, -0.2) is 37.2 Å². The lowest BCUT2D eigenvalue weighted by Gasteiger charge is -2.39. The van der Waals surface area contributed by atoms with Crippen molar-refractivity contribution in [2.45, 2.75) is 85.0 Å². The average molecular weight is 286 g/mol. The van der Waals surface area contributed by atoms with E-state index in [1.54, 1.807) is 0 Å². The summed E-state index contributed by atoms with van der Waals surface area (Å²) in [7, 11) is 0. The van der Waals surface area contributed by atoms with Crippen molar-refractivity contribution in [2.75, 3.05) is 32.7 Å². The maximum atomic E-state index is 5.59. The molecule has 0 saturated carbocycles. The summed E-state index contributed by atoms with van der Waals surface area (Å²) in [5.74, 6) is 0. The molecule has 0 rings (SSSR count). The zero-order chi connectivity index (χ0) is 15.1. The van der Waals surface area contributed by atoms with Crippen molar-refractivity contribution < 1.29 is 4.48 Å². The van der Waals surface area contributed by atoms with E-state index in [1.165, 1.54) is 94.9 Å². The Bertz CT molecular complexity index is 170. The highest BCUT2D eigenvalue weighted by molar-refractivity contribution is 4.51. The van der Waals surface area contributed by atoms with Gasteiger partial charge in [0.25, 0.3) is 0 Å². The number of unbranched alkanes of at least 4 members (excludes halogenated alkanes) is 6. The summed E-state index contributed by atoms with van der Waals surface area (Å²) in [4.78, 5) is 0. The molecule has 0 aromatic carbocycles. The van der Waals surface area contributed by atoms with Gasteiger partial charge in [-0.05, 0) is 45.1 Å². The largest absolute Gasteiger partial charge is 0.330 e. The van der Waals surface area contributed by atoms with E-state index in [2.05, 4.69) is 20.8 Å². The molecule has 0 aliphatic heterocycles. The van der Waals surface area contributed by atoms with Gasteiger partial charge in [-0.1, -0.05) is 46.5 Å². The molecular weight excluding hydrogens is 244 g/mol. The van der Waals surface area contributed by atoms with Gasteiger partial charge in [0, 0.05) is 0 Å². The van der Waals surface area contributed by atoms with Crippen molar-refractivity contribution in [3.05, 3.63) is 0 Å². The third-order valence-electron chi connectivity index (χ3n) is 4.54. The SMILES string of the molecule is CCCC[N+](CCCC)(CCCC)CCCCCCN. The smallest absolute Gasteiger partial charge is 0.0786 e. The van der Waals surface area contributed by atoms with Gasteiger partial charge in [0.1, 0.15) is 0 Å². The fourth-order valence-electron chi connectivity index (χ4n) is 3.10. The van der Waals surface area contributed by atoms with Crippen LogP contribution in [0.3, 0.4) is 0 Å². The first-order chi connectivity index (χ1) is 9.74. The van der Waals surface area contributed by atoms with Crippen LogP contribution in [0.4, 0.5) is 0 Å². The van der Waals surface area contributed by atoms with E-state index < -0.39 is 0 Å². The first kappa shape index (κ1) is 19.9. The molecule has 0 amide bonds. The summed E-state index contributed by atoms with van der Waals surface area (Å²) in [6.07, 6.45) is 13.5. The topological polar surface area (TPSA) is 26.0 Å². The normalized spacial score (nSPS) is 12.0. The summed E-state index contributed by atoms with van der Waals surface area (Å²) in [6, 6.07) is 0. The average Bonchev–Trinajstić information content (AvgIpc) is 2.48. The molecule has 0 bridgehead atoms. The molecule has 20 heavy (non-hydrogen) atoms. The van der Waals surface area contributed by atoms with Crippen LogP contribution >= 0.6 is 0 Å². The highest BCUT2D eigenvalue weighted by Gasteiger charge is 2.24. The molecule has 0 saturated heterocycles. The minimum atomic E-state index is 0.863. The monoisotopic (exact) mass is 285 g/mol. The third-order valence-corrected chi connectivity index (χ3v) is 4.54. The van der Waals surface area contributed by atoms with Gasteiger partial charge in [0.15, 0.2) is 0 Å². The van der Waals surface area contributed by atoms with Gasteiger partial charge in [-0.25, -0.2) is 0 Å². The van der Waals surface area contributed by atoms with Gasteiger partial charge >= 0.3 is 0 Å². The molecule has 0 atom stereocenters. The molecule has 2 heteroatoms. The number of nitrogens with zero attached hydrogens (tertiary/aromatic N) is 1. The molecule has 2 nitrogen and oxygen atoms in total. The Morgan fingerprint density at radius 1 is 0.550 bits per heavy atom. The van der Waals surface area contributed by atoms with Crippen LogP contribution in [-0.2, 0) is 0 Å². The van der Waals surface area contributed by atoms with Gasteiger partial charge < -0.3 is 10.2 Å². The van der Waals surface area contributed by atoms with E-state index in [0.29, 0.717) is 0 Å². The number of hydrogen-bond acceptors (Lipinski definition) is 1. The Hall–Kier alpha value is -0.0800. The van der Waals surface area contributed by atoms with Crippen LogP contribution in [0.5, 0.6) is 0 Å². The molecule has 0 fully saturated rings. The fraction of sp³-hybridized carbons (Fsp3) is 1.00. The second-order valence-corrected chi connectivity index (χ2v) is 6.50. The van der Waals surface area contributed by atoms with Crippen molar-refractivity contribution >= 4 is 0 Å². The van der Waals surface area contributed by atoms with Crippen LogP contribution in [0.15, 0.2) is 0 Å². The van der Waals surface area contributed by atoms with Gasteiger partial charge in [-0.15, -0.1) is 0 Å². The second-order valence-electron chi connectivity index (χ2n) is 6.50. The molecule has 0 aliphatic carbocycles. The molecule has 2 N–H and O–H groups in total. The Balaban J connectivity index is 4.34. The van der Waals surface area contributed by atoms with Crippen LogP contribution in [0.2, 0.25) is 0 Å². The number of quaternary nitrogens is 1. The molecule has 0 radical (unpaired) electrons. The van der Waals surface area contributed by atoms with Gasteiger partial charge in [-0.2, -0.15) is 0 Å². The standard InChI is InChI=1S/C18H41N2/c1-4-7-15-20(16-8-5-2,17-9-6-3)18-13-11-10-12-14-19/h4-19H2,1-3H3/q+1. The summed E-state index contributed by atoms with van der Waals surface area (Å²) in [6.45, 7) is 13.5. The van der Waals surface area contributed by atoms with E-state index in [9.17, 15) is 0 Å². The van der Waals surface area contributed by atoms with Crippen molar-refractivity contribution in [3.63, 3.8) is 0 Å². The Kier molecular flexibility index (Phi) is 13.8. The van der Waals surface area contributed by atoms with E-state index in [1.807, 2.05) is 0 Å². The summed E-state index contributed by atoms with van der Waals surface area (Å²) < 4.78 is 1.40. The lowest BCUT2D eigenvalue weighted by atomic mass is 10.1. The van der Waals surface area contributed by atoms with E-state index in [0.717, 1.165) is 6.54 Å². The molecule has 122 valence electrons. The van der Waals surface area contributed by atoms with Crippen LogP contribution in [0.1, 0.15) is 85.0 Å². The third kappa shape index (κ3) is 9.77. The van der Waals surface area contributed by atoms with Crippen LogP contribution in [0.25, 0.3) is 0 Å². The molecule has 0 aromatic heterocycles. The summed E-state index contributed by atoms with van der Waals surface area (Å²) in [5.41, 5.74) is 5.59. The zero-order valence-electron chi connectivity index (χ0n) is 14.6. The minimum Gasteiger partial charge on any atom is -0.330 e. The maximum Gasteiger partial charge on any atom is 0.0786 e. The minimum absolute atomic E-state index is 0.863. The number of nitrogens with two attached hydrogens (primary N) is 1. The van der Waals surface area contributed by atoms with Crippen molar-refractivity contribution in [1.29, 1.82) is 0 Å². The van der Waals surface area contributed by atoms with Gasteiger partial charge in [-0.3, -0.25) is 0 Å². The fourth-order valence-corrected chi connectivity index (χ4v) is 3.10. The molecule has 0 unspecified atom stereocenters. The quantitative estimate of drug-likeness (QED) is 0.342. The summed E-state index contributed by atoms with van der Waals surface area (Å²) >= 11 is 0. The predicted molar refractivity (Wildman–Crippen MR) is 92.0 cm³/mol. The Morgan fingerprint density at radius 2 is 0.950 bits per heavy atom. The predicted octanol–water partition coefficient (Wildman–Crippen LogP) is 4.72. The highest BCUT2D eigenvalue weighted by Crippen LogP contribution is 2.17. The zero-order valence-corrected chi connectivity index (χ0v) is 14.6. The molecular formula is C18H41N2+. The van der Waals surface area contributed by atoms with Gasteiger partial charge in [0.05, 0.1) is 26.2 Å². The van der Waals surface area contributed by atoms with E-state index >= 15 is 0 Å². The number of hydrogen-bond donors (Lipinski definition) is 1. The molecule has 0 heterocycles. The Morgan fingerprint density at radius 3 is 1.35 bits per heavy atom. The first-order valence-electron chi connectivity index (χ1n) is 9.29. The molecule has 0 aliphatic rings. The molecule has 0 aromatic rings. The second kappa shape index (κ2) is 13.9. The van der Waals surface area contributed by atoms with E-state index in [-0.39, 0.29) is 0 Å². The van der Waals surface area contributed by atoms with Crippen molar-refractivity contribution in [2.24, 2.45) is 5.73 Å².